The summed E-state index contributed by atoms with van der Waals surface area (Å²) in [6, 6.07) is 9.27. The second-order valence-corrected chi connectivity index (χ2v) is 6.46. The molecule has 4 heteroatoms. The molecule has 1 heterocycles. The predicted molar refractivity (Wildman–Crippen MR) is 76.9 cm³/mol. The van der Waals surface area contributed by atoms with Gasteiger partial charge in [-0.3, -0.25) is 9.00 Å². The summed E-state index contributed by atoms with van der Waals surface area (Å²) in [5.74, 6) is 1.35. The molecule has 19 heavy (non-hydrogen) atoms. The minimum atomic E-state index is -0.860. The Kier molecular flexibility index (Phi) is 5.73. The zero-order chi connectivity index (χ0) is 13.5. The van der Waals surface area contributed by atoms with Crippen LogP contribution in [0.25, 0.3) is 0 Å². The Morgan fingerprint density at radius 2 is 2.11 bits per heavy atom. The van der Waals surface area contributed by atoms with Gasteiger partial charge in [0.1, 0.15) is 0 Å². The third kappa shape index (κ3) is 4.88. The van der Waals surface area contributed by atoms with Crippen LogP contribution in [0.1, 0.15) is 36.0 Å². The molecular weight excluding hydrogens is 260 g/mol. The summed E-state index contributed by atoms with van der Waals surface area (Å²) in [4.78, 5) is 11.8. The van der Waals surface area contributed by atoms with Crippen LogP contribution in [-0.4, -0.2) is 34.2 Å². The Hall–Kier alpha value is -1.00. The average molecular weight is 280 g/mol. The van der Waals surface area contributed by atoms with E-state index >= 15 is 0 Å². The van der Waals surface area contributed by atoms with Gasteiger partial charge in [-0.15, -0.1) is 0 Å². The Bertz CT molecular complexity index is 424. The second kappa shape index (κ2) is 7.56. The van der Waals surface area contributed by atoms with Crippen LogP contribution in [0.4, 0.5) is 0 Å². The van der Waals surface area contributed by atoms with Crippen molar-refractivity contribution >= 4 is 16.6 Å². The lowest BCUT2D eigenvalue weighted by molar-refractivity contribution is 0.0982. The monoisotopic (exact) mass is 280 g/mol. The van der Waals surface area contributed by atoms with Crippen LogP contribution in [0.15, 0.2) is 30.3 Å². The maximum absolute atomic E-state index is 11.8. The van der Waals surface area contributed by atoms with Gasteiger partial charge in [0, 0.05) is 40.9 Å². The first-order valence-corrected chi connectivity index (χ1v) is 8.29. The van der Waals surface area contributed by atoms with Crippen LogP contribution in [0.3, 0.4) is 0 Å². The van der Waals surface area contributed by atoms with Crippen molar-refractivity contribution in [1.82, 2.24) is 0 Å². The molecule has 2 atom stereocenters. The maximum atomic E-state index is 11.8. The quantitative estimate of drug-likeness (QED) is 0.721. The molecule has 0 bridgehead atoms. The van der Waals surface area contributed by atoms with E-state index in [0.717, 1.165) is 25.0 Å². The van der Waals surface area contributed by atoms with Gasteiger partial charge in [-0.05, 0) is 19.3 Å². The standard InChI is InChI=1S/C15H20O3S/c16-15(13-6-2-1-3-7-13)9-5-11-19(17)12-14-8-4-10-18-14/h1-3,6-7,14H,4-5,8-12H2. The van der Waals surface area contributed by atoms with Crippen LogP contribution in [0.5, 0.6) is 0 Å². The Morgan fingerprint density at radius 3 is 2.79 bits per heavy atom. The number of ketones is 1. The molecule has 0 aromatic heterocycles. The Morgan fingerprint density at radius 1 is 1.32 bits per heavy atom. The highest BCUT2D eigenvalue weighted by molar-refractivity contribution is 7.85. The highest BCUT2D eigenvalue weighted by Crippen LogP contribution is 2.13. The van der Waals surface area contributed by atoms with Crippen molar-refractivity contribution in [2.24, 2.45) is 0 Å². The number of Topliss-reactive ketones (excluding diaryl/α,β-unsaturated/α-hetero) is 1. The lowest BCUT2D eigenvalue weighted by atomic mass is 10.1. The molecule has 1 aliphatic rings. The van der Waals surface area contributed by atoms with Crippen molar-refractivity contribution in [2.75, 3.05) is 18.1 Å². The van der Waals surface area contributed by atoms with Crippen LogP contribution < -0.4 is 0 Å². The first-order valence-electron chi connectivity index (χ1n) is 6.80. The molecule has 2 unspecified atom stereocenters. The van der Waals surface area contributed by atoms with Gasteiger partial charge in [-0.25, -0.2) is 0 Å². The van der Waals surface area contributed by atoms with Crippen molar-refractivity contribution < 1.29 is 13.7 Å². The van der Waals surface area contributed by atoms with Gasteiger partial charge in [0.25, 0.3) is 0 Å². The third-order valence-electron chi connectivity index (χ3n) is 3.27. The summed E-state index contributed by atoms with van der Waals surface area (Å²) >= 11 is 0. The highest BCUT2D eigenvalue weighted by atomic mass is 32.2. The van der Waals surface area contributed by atoms with Crippen molar-refractivity contribution in [3.05, 3.63) is 35.9 Å². The molecule has 0 radical (unpaired) electrons. The number of carbonyl (C=O) groups excluding carboxylic acids is 1. The molecule has 0 N–H and O–H groups in total. The van der Waals surface area contributed by atoms with Gasteiger partial charge < -0.3 is 4.74 Å². The number of benzene rings is 1. The number of hydrogen-bond donors (Lipinski definition) is 0. The zero-order valence-electron chi connectivity index (χ0n) is 11.0. The van der Waals surface area contributed by atoms with Crippen molar-refractivity contribution in [3.8, 4) is 0 Å². The number of carbonyl (C=O) groups is 1. The van der Waals surface area contributed by atoms with Crippen molar-refractivity contribution in [2.45, 2.75) is 31.8 Å². The highest BCUT2D eigenvalue weighted by Gasteiger charge is 2.18. The molecule has 0 spiro atoms. The normalized spacial score (nSPS) is 20.3. The Labute approximate surface area is 116 Å². The molecule has 3 nitrogen and oxygen atoms in total. The average Bonchev–Trinajstić information content (AvgIpc) is 2.92. The molecule has 2 rings (SSSR count). The van der Waals surface area contributed by atoms with Crippen LogP contribution >= 0.6 is 0 Å². The summed E-state index contributed by atoms with van der Waals surface area (Å²) in [6.45, 7) is 0.800. The van der Waals surface area contributed by atoms with Crippen LogP contribution in [0.2, 0.25) is 0 Å². The van der Waals surface area contributed by atoms with E-state index in [4.69, 9.17) is 4.74 Å². The molecule has 0 saturated carbocycles. The molecule has 1 fully saturated rings. The fraction of sp³-hybridized carbons (Fsp3) is 0.533. The second-order valence-electron chi connectivity index (χ2n) is 4.84. The summed E-state index contributed by atoms with van der Waals surface area (Å²) in [7, 11) is -0.860. The SMILES string of the molecule is O=C(CCCS(=O)CC1CCCO1)c1ccccc1. The maximum Gasteiger partial charge on any atom is 0.162 e. The number of ether oxygens (including phenoxy) is 1. The van der Waals surface area contributed by atoms with E-state index in [1.165, 1.54) is 0 Å². The zero-order valence-corrected chi connectivity index (χ0v) is 11.9. The van der Waals surface area contributed by atoms with E-state index in [2.05, 4.69) is 0 Å². The van der Waals surface area contributed by atoms with E-state index in [9.17, 15) is 9.00 Å². The van der Waals surface area contributed by atoms with Crippen LogP contribution in [-0.2, 0) is 15.5 Å². The predicted octanol–water partition coefficient (Wildman–Crippen LogP) is 2.58. The molecule has 0 amide bonds. The smallest absolute Gasteiger partial charge is 0.162 e. The van der Waals surface area contributed by atoms with Gasteiger partial charge >= 0.3 is 0 Å². The molecule has 104 valence electrons. The molecule has 1 aliphatic heterocycles. The fourth-order valence-corrected chi connectivity index (χ4v) is 3.54. The third-order valence-corrected chi connectivity index (χ3v) is 4.75. The first-order chi connectivity index (χ1) is 9.25. The largest absolute Gasteiger partial charge is 0.377 e. The molecule has 1 saturated heterocycles. The minimum Gasteiger partial charge on any atom is -0.377 e. The fourth-order valence-electron chi connectivity index (χ4n) is 2.23. The summed E-state index contributed by atoms with van der Waals surface area (Å²) < 4.78 is 17.3. The Balaban J connectivity index is 1.65. The van der Waals surface area contributed by atoms with E-state index < -0.39 is 10.8 Å². The molecule has 1 aromatic rings. The van der Waals surface area contributed by atoms with Gasteiger partial charge in [0.05, 0.1) is 6.10 Å². The lowest BCUT2D eigenvalue weighted by Gasteiger charge is -2.08. The molecule has 0 aliphatic carbocycles. The van der Waals surface area contributed by atoms with E-state index in [0.29, 0.717) is 24.3 Å². The van der Waals surface area contributed by atoms with E-state index in [1.54, 1.807) is 0 Å². The van der Waals surface area contributed by atoms with Gasteiger partial charge in [-0.2, -0.15) is 0 Å². The van der Waals surface area contributed by atoms with E-state index in [-0.39, 0.29) is 11.9 Å². The molecule has 1 aromatic carbocycles. The van der Waals surface area contributed by atoms with Crippen molar-refractivity contribution in [3.63, 3.8) is 0 Å². The summed E-state index contributed by atoms with van der Waals surface area (Å²) in [6.07, 6.45) is 3.43. The van der Waals surface area contributed by atoms with Crippen LogP contribution in [0, 0.1) is 0 Å². The summed E-state index contributed by atoms with van der Waals surface area (Å²) in [5.41, 5.74) is 0.743. The lowest BCUT2D eigenvalue weighted by Crippen LogP contribution is -2.17. The van der Waals surface area contributed by atoms with Gasteiger partial charge in [0.2, 0.25) is 0 Å². The van der Waals surface area contributed by atoms with Gasteiger partial charge in [0.15, 0.2) is 5.78 Å². The topological polar surface area (TPSA) is 43.4 Å². The summed E-state index contributed by atoms with van der Waals surface area (Å²) in [5, 5.41) is 0. The first kappa shape index (κ1) is 14.4. The van der Waals surface area contributed by atoms with Crippen molar-refractivity contribution in [1.29, 1.82) is 0 Å². The van der Waals surface area contributed by atoms with E-state index in [1.807, 2.05) is 30.3 Å². The van der Waals surface area contributed by atoms with Gasteiger partial charge in [-0.1, -0.05) is 30.3 Å². The minimum absolute atomic E-state index is 0.134. The number of rotatable bonds is 7. The molecular formula is C15H20O3S. The number of hydrogen-bond acceptors (Lipinski definition) is 3.